The van der Waals surface area contributed by atoms with Crippen LogP contribution in [-0.4, -0.2) is 23.5 Å². The number of carbonyl (C=O) groups is 1. The summed E-state index contributed by atoms with van der Waals surface area (Å²) in [6, 6.07) is 14.5. The molecular formula is C15H14N2O2S. The molecular weight excluding hydrogens is 272 g/mol. The van der Waals surface area contributed by atoms with Crippen molar-refractivity contribution in [1.29, 1.82) is 0 Å². The van der Waals surface area contributed by atoms with Crippen molar-refractivity contribution in [3.8, 4) is 0 Å². The van der Waals surface area contributed by atoms with Crippen LogP contribution < -0.4 is 5.43 Å². The molecule has 0 bridgehead atoms. The lowest BCUT2D eigenvalue weighted by Crippen LogP contribution is -1.97. The second kappa shape index (κ2) is 6.77. The Morgan fingerprint density at radius 3 is 2.65 bits per heavy atom. The Kier molecular flexibility index (Phi) is 4.79. The molecule has 0 fully saturated rings. The van der Waals surface area contributed by atoms with Crippen molar-refractivity contribution < 1.29 is 9.90 Å². The van der Waals surface area contributed by atoms with Crippen LogP contribution >= 0.6 is 11.8 Å². The van der Waals surface area contributed by atoms with Gasteiger partial charge in [-0.1, -0.05) is 18.2 Å². The molecule has 0 atom stereocenters. The van der Waals surface area contributed by atoms with E-state index in [1.54, 1.807) is 36.2 Å². The number of carboxylic acid groups (broad SMARTS) is 1. The van der Waals surface area contributed by atoms with Gasteiger partial charge in [0.05, 0.1) is 17.5 Å². The molecule has 20 heavy (non-hydrogen) atoms. The first kappa shape index (κ1) is 14.1. The third kappa shape index (κ3) is 3.86. The van der Waals surface area contributed by atoms with Gasteiger partial charge in [0.25, 0.3) is 0 Å². The first-order valence-corrected chi connectivity index (χ1v) is 7.18. The molecule has 5 heteroatoms. The van der Waals surface area contributed by atoms with E-state index < -0.39 is 5.97 Å². The van der Waals surface area contributed by atoms with Crippen molar-refractivity contribution >= 4 is 29.6 Å². The molecule has 2 N–H and O–H groups in total. The van der Waals surface area contributed by atoms with Gasteiger partial charge >= 0.3 is 5.97 Å². The van der Waals surface area contributed by atoms with E-state index in [-0.39, 0.29) is 5.56 Å². The predicted molar refractivity (Wildman–Crippen MR) is 82.8 cm³/mol. The molecule has 0 aliphatic heterocycles. The summed E-state index contributed by atoms with van der Waals surface area (Å²) in [6.07, 6.45) is 3.72. The zero-order chi connectivity index (χ0) is 14.4. The Morgan fingerprint density at radius 1 is 1.25 bits per heavy atom. The Balaban J connectivity index is 2.02. The van der Waals surface area contributed by atoms with Gasteiger partial charge in [0.15, 0.2) is 0 Å². The number of nitrogens with one attached hydrogen (secondary N) is 1. The highest BCUT2D eigenvalue weighted by atomic mass is 32.2. The summed E-state index contributed by atoms with van der Waals surface area (Å²) in [5.74, 6) is -0.953. The van der Waals surface area contributed by atoms with Crippen LogP contribution in [0.2, 0.25) is 0 Å². The molecule has 0 unspecified atom stereocenters. The van der Waals surface area contributed by atoms with Crippen molar-refractivity contribution in [2.45, 2.75) is 4.90 Å². The van der Waals surface area contributed by atoms with E-state index in [1.807, 2.05) is 30.5 Å². The highest BCUT2D eigenvalue weighted by Crippen LogP contribution is 2.14. The molecule has 2 aromatic rings. The van der Waals surface area contributed by atoms with E-state index in [0.717, 1.165) is 5.56 Å². The number of benzene rings is 2. The first-order chi connectivity index (χ1) is 9.69. The average molecular weight is 286 g/mol. The molecule has 0 spiro atoms. The smallest absolute Gasteiger partial charge is 0.335 e. The standard InChI is InChI=1S/C15H14N2O2S/c1-20-14-7-5-11(6-8-14)10-16-17-13-4-2-3-12(9-13)15(18)19/h2-10,17H,1H3,(H,18,19)/b16-10-. The topological polar surface area (TPSA) is 61.7 Å². The van der Waals surface area contributed by atoms with Crippen molar-refractivity contribution in [2.24, 2.45) is 5.10 Å². The molecule has 0 aliphatic rings. The summed E-state index contributed by atoms with van der Waals surface area (Å²) in [6.45, 7) is 0. The fourth-order valence-corrected chi connectivity index (χ4v) is 2.00. The zero-order valence-electron chi connectivity index (χ0n) is 10.9. The normalized spacial score (nSPS) is 10.7. The summed E-state index contributed by atoms with van der Waals surface area (Å²) in [5, 5.41) is 13.0. The van der Waals surface area contributed by atoms with E-state index in [0.29, 0.717) is 5.69 Å². The molecule has 0 saturated carbocycles. The number of hydrogen-bond donors (Lipinski definition) is 2. The molecule has 0 saturated heterocycles. The van der Waals surface area contributed by atoms with Gasteiger partial charge in [-0.05, 0) is 42.2 Å². The number of rotatable bonds is 5. The molecule has 0 amide bonds. The first-order valence-electron chi connectivity index (χ1n) is 5.95. The summed E-state index contributed by atoms with van der Waals surface area (Å²) in [4.78, 5) is 12.0. The molecule has 4 nitrogen and oxygen atoms in total. The van der Waals surface area contributed by atoms with Crippen LogP contribution in [0.15, 0.2) is 58.5 Å². The maximum absolute atomic E-state index is 10.8. The van der Waals surface area contributed by atoms with Gasteiger partial charge < -0.3 is 5.11 Å². The van der Waals surface area contributed by atoms with Crippen molar-refractivity contribution in [3.63, 3.8) is 0 Å². The largest absolute Gasteiger partial charge is 0.478 e. The van der Waals surface area contributed by atoms with Crippen LogP contribution in [0.1, 0.15) is 15.9 Å². The van der Waals surface area contributed by atoms with E-state index in [2.05, 4.69) is 10.5 Å². The third-order valence-corrected chi connectivity index (χ3v) is 3.38. The van der Waals surface area contributed by atoms with Crippen LogP contribution in [0.3, 0.4) is 0 Å². The second-order valence-corrected chi connectivity index (χ2v) is 4.91. The number of nitrogens with zero attached hydrogens (tertiary/aromatic N) is 1. The number of aromatic carboxylic acids is 1. The van der Waals surface area contributed by atoms with Crippen molar-refractivity contribution in [2.75, 3.05) is 11.7 Å². The molecule has 2 aromatic carbocycles. The zero-order valence-corrected chi connectivity index (χ0v) is 11.7. The molecule has 0 aliphatic carbocycles. The maximum atomic E-state index is 10.8. The number of thioether (sulfide) groups is 1. The highest BCUT2D eigenvalue weighted by molar-refractivity contribution is 7.98. The lowest BCUT2D eigenvalue weighted by molar-refractivity contribution is 0.0697. The fraction of sp³-hybridized carbons (Fsp3) is 0.0667. The molecule has 102 valence electrons. The summed E-state index contributed by atoms with van der Waals surface area (Å²) in [5.41, 5.74) is 4.67. The van der Waals surface area contributed by atoms with Gasteiger partial charge in [0, 0.05) is 4.90 Å². The van der Waals surface area contributed by atoms with Gasteiger partial charge in [0.2, 0.25) is 0 Å². The minimum atomic E-state index is -0.953. The van der Waals surface area contributed by atoms with Gasteiger partial charge in [0.1, 0.15) is 0 Å². The Hall–Kier alpha value is -2.27. The van der Waals surface area contributed by atoms with Crippen LogP contribution in [0.4, 0.5) is 5.69 Å². The monoisotopic (exact) mass is 286 g/mol. The summed E-state index contributed by atoms with van der Waals surface area (Å²) < 4.78 is 0. The molecule has 2 rings (SSSR count). The quantitative estimate of drug-likeness (QED) is 0.501. The number of hydrogen-bond acceptors (Lipinski definition) is 4. The number of carboxylic acids is 1. The van der Waals surface area contributed by atoms with Crippen LogP contribution in [0.5, 0.6) is 0 Å². The Labute approximate surface area is 121 Å². The van der Waals surface area contributed by atoms with Crippen LogP contribution in [-0.2, 0) is 0 Å². The van der Waals surface area contributed by atoms with Crippen molar-refractivity contribution in [1.82, 2.24) is 0 Å². The summed E-state index contributed by atoms with van der Waals surface area (Å²) in [7, 11) is 0. The van der Waals surface area contributed by atoms with Gasteiger partial charge in [-0.2, -0.15) is 5.10 Å². The lowest BCUT2D eigenvalue weighted by Gasteiger charge is -2.01. The number of hydrazone groups is 1. The number of anilines is 1. The van der Waals surface area contributed by atoms with E-state index in [4.69, 9.17) is 5.11 Å². The van der Waals surface area contributed by atoms with E-state index in [1.165, 1.54) is 11.0 Å². The van der Waals surface area contributed by atoms with Gasteiger partial charge in [-0.15, -0.1) is 11.8 Å². The summed E-state index contributed by atoms with van der Waals surface area (Å²) >= 11 is 1.69. The molecule has 0 aromatic heterocycles. The highest BCUT2D eigenvalue weighted by Gasteiger charge is 2.01. The maximum Gasteiger partial charge on any atom is 0.335 e. The SMILES string of the molecule is CSc1ccc(/C=N\Nc2cccc(C(=O)O)c2)cc1. The minimum absolute atomic E-state index is 0.231. The van der Waals surface area contributed by atoms with E-state index >= 15 is 0 Å². The van der Waals surface area contributed by atoms with Gasteiger partial charge in [-0.25, -0.2) is 4.79 Å². The minimum Gasteiger partial charge on any atom is -0.478 e. The van der Waals surface area contributed by atoms with E-state index in [9.17, 15) is 4.79 Å². The Bertz CT molecular complexity index is 624. The lowest BCUT2D eigenvalue weighted by atomic mass is 10.2. The predicted octanol–water partition coefficient (Wildman–Crippen LogP) is 3.55. The van der Waals surface area contributed by atoms with Crippen LogP contribution in [0, 0.1) is 0 Å². The Morgan fingerprint density at radius 2 is 2.00 bits per heavy atom. The van der Waals surface area contributed by atoms with Crippen LogP contribution in [0.25, 0.3) is 0 Å². The average Bonchev–Trinajstić information content (AvgIpc) is 2.48. The third-order valence-electron chi connectivity index (χ3n) is 2.63. The second-order valence-electron chi connectivity index (χ2n) is 4.03. The molecule has 0 heterocycles. The molecule has 0 radical (unpaired) electrons. The van der Waals surface area contributed by atoms with Crippen molar-refractivity contribution in [3.05, 3.63) is 59.7 Å². The van der Waals surface area contributed by atoms with Gasteiger partial charge in [-0.3, -0.25) is 5.43 Å². The fourth-order valence-electron chi connectivity index (χ4n) is 1.59.